The minimum atomic E-state index is -0.609. The Morgan fingerprint density at radius 3 is 2.19 bits per heavy atom. The van der Waals surface area contributed by atoms with Crippen LogP contribution in [0, 0.1) is 5.92 Å². The highest BCUT2D eigenvalue weighted by Gasteiger charge is 2.39. The van der Waals surface area contributed by atoms with Crippen molar-refractivity contribution in [2.75, 3.05) is 5.75 Å². The van der Waals surface area contributed by atoms with Gasteiger partial charge >= 0.3 is 0 Å². The molecule has 7 rings (SSSR count). The van der Waals surface area contributed by atoms with Crippen molar-refractivity contribution in [1.82, 2.24) is 14.5 Å². The van der Waals surface area contributed by atoms with Crippen LogP contribution in [0.4, 0.5) is 0 Å². The Labute approximate surface area is 278 Å². The average Bonchev–Trinajstić information content (AvgIpc) is 3.63. The summed E-state index contributed by atoms with van der Waals surface area (Å²) in [6.45, 7) is 2.34. The maximum Gasteiger partial charge on any atom is 0.261 e. The third kappa shape index (κ3) is 6.27. The Kier molecular flexibility index (Phi) is 8.79. The Bertz CT molecular complexity index is 1890. The van der Waals surface area contributed by atoms with Crippen LogP contribution in [0.5, 0.6) is 0 Å². The van der Waals surface area contributed by atoms with E-state index in [1.165, 1.54) is 4.90 Å². The van der Waals surface area contributed by atoms with Gasteiger partial charge in [0.05, 0.1) is 36.5 Å². The van der Waals surface area contributed by atoms with E-state index in [0.29, 0.717) is 16.9 Å². The number of fused-ring (bicyclic) bond motifs is 1. The number of aromatic nitrogens is 2. The number of aliphatic hydroxyl groups is 1. The van der Waals surface area contributed by atoms with Crippen molar-refractivity contribution in [3.05, 3.63) is 143 Å². The lowest BCUT2D eigenvalue weighted by molar-refractivity contribution is -0.268. The molecule has 5 aromatic rings. The van der Waals surface area contributed by atoms with Crippen LogP contribution >= 0.6 is 11.8 Å². The maximum absolute atomic E-state index is 13.0. The first-order valence-corrected chi connectivity index (χ1v) is 16.6. The number of imidazole rings is 1. The first kappa shape index (κ1) is 31.1. The van der Waals surface area contributed by atoms with Gasteiger partial charge < -0.3 is 19.1 Å². The lowest BCUT2D eigenvalue weighted by atomic mass is 9.91. The summed E-state index contributed by atoms with van der Waals surface area (Å²) in [6.07, 6.45) is 2.78. The van der Waals surface area contributed by atoms with Crippen molar-refractivity contribution >= 4 is 23.6 Å². The zero-order valence-corrected chi connectivity index (χ0v) is 27.0. The van der Waals surface area contributed by atoms with Crippen LogP contribution in [0.1, 0.15) is 62.3 Å². The van der Waals surface area contributed by atoms with Gasteiger partial charge in [0.25, 0.3) is 11.8 Å². The molecule has 0 saturated carbocycles. The van der Waals surface area contributed by atoms with Gasteiger partial charge in [0.15, 0.2) is 11.4 Å². The van der Waals surface area contributed by atoms with Crippen LogP contribution in [0.3, 0.4) is 0 Å². The highest BCUT2D eigenvalue weighted by atomic mass is 32.2. The van der Waals surface area contributed by atoms with Gasteiger partial charge in [-0.25, -0.2) is 4.98 Å². The number of rotatable bonds is 9. The van der Waals surface area contributed by atoms with Crippen LogP contribution in [0.25, 0.3) is 11.1 Å². The zero-order chi connectivity index (χ0) is 32.5. The second-order valence-electron chi connectivity index (χ2n) is 12.0. The molecule has 2 aliphatic heterocycles. The second kappa shape index (κ2) is 13.3. The van der Waals surface area contributed by atoms with E-state index in [0.717, 1.165) is 38.5 Å². The van der Waals surface area contributed by atoms with E-state index < -0.39 is 6.29 Å². The van der Waals surface area contributed by atoms with E-state index in [4.69, 9.17) is 9.47 Å². The lowest BCUT2D eigenvalue weighted by Gasteiger charge is -2.41. The van der Waals surface area contributed by atoms with Crippen LogP contribution in [-0.4, -0.2) is 43.2 Å². The van der Waals surface area contributed by atoms with Crippen molar-refractivity contribution < 1.29 is 24.2 Å². The van der Waals surface area contributed by atoms with Crippen LogP contribution in [0.2, 0.25) is 0 Å². The van der Waals surface area contributed by atoms with Crippen LogP contribution in [-0.2, 0) is 29.7 Å². The molecule has 1 aromatic heterocycles. The molecule has 1 fully saturated rings. The topological polar surface area (TPSA) is 93.9 Å². The molecular formula is C38H35N3O5S. The Hall–Kier alpha value is -4.54. The number of imide groups is 1. The summed E-state index contributed by atoms with van der Waals surface area (Å²) < 4.78 is 15.4. The quantitative estimate of drug-likeness (QED) is 0.137. The van der Waals surface area contributed by atoms with Gasteiger partial charge in [0.2, 0.25) is 0 Å². The van der Waals surface area contributed by atoms with E-state index in [1.807, 2.05) is 84.5 Å². The molecule has 4 atom stereocenters. The van der Waals surface area contributed by atoms with Gasteiger partial charge in [-0.3, -0.25) is 14.5 Å². The summed E-state index contributed by atoms with van der Waals surface area (Å²) >= 11 is 1.66. The minimum Gasteiger partial charge on any atom is -0.392 e. The molecule has 0 radical (unpaired) electrons. The summed E-state index contributed by atoms with van der Waals surface area (Å²) in [5.41, 5.74) is 6.47. The summed E-state index contributed by atoms with van der Waals surface area (Å²) in [6, 6.07) is 30.9. The molecule has 8 nitrogen and oxygen atoms in total. The van der Waals surface area contributed by atoms with E-state index >= 15 is 0 Å². The number of aliphatic hydroxyl groups excluding tert-OH is 1. The van der Waals surface area contributed by atoms with Crippen molar-refractivity contribution in [1.29, 1.82) is 0 Å². The molecule has 4 unspecified atom stereocenters. The standard InChI is InChI=1S/C38H35N3O5S/c1-24-33(23-47-38-39-17-18-40(38)2)45-37(46-34(24)27-15-13-25(22-42)14-16-27)30-10-6-9-29(20-30)28-8-5-7-26(19-28)21-41-35(43)31-11-3-4-12-32(31)36(41)44/h3-20,24,33-34,37,42H,21-23H2,1-2H3. The number of aryl methyl sites for hydroxylation is 1. The normalized spacial score (nSPS) is 20.9. The number of benzene rings is 4. The predicted molar refractivity (Wildman–Crippen MR) is 179 cm³/mol. The van der Waals surface area contributed by atoms with E-state index in [-0.39, 0.29) is 43.1 Å². The summed E-state index contributed by atoms with van der Waals surface area (Å²) in [7, 11) is 1.98. The number of carbonyl (C=O) groups excluding carboxylic acids is 2. The zero-order valence-electron chi connectivity index (χ0n) is 26.2. The number of nitrogens with zero attached hydrogens (tertiary/aromatic N) is 3. The molecule has 238 valence electrons. The van der Waals surface area contributed by atoms with Gasteiger partial charge in [0.1, 0.15) is 0 Å². The first-order chi connectivity index (χ1) is 22.9. The third-order valence-electron chi connectivity index (χ3n) is 8.92. The fraction of sp³-hybridized carbons (Fsp3) is 0.237. The molecular weight excluding hydrogens is 611 g/mol. The molecule has 1 saturated heterocycles. The fourth-order valence-electron chi connectivity index (χ4n) is 6.24. The van der Waals surface area contributed by atoms with E-state index in [1.54, 1.807) is 42.2 Å². The van der Waals surface area contributed by atoms with Gasteiger partial charge in [-0.15, -0.1) is 0 Å². The number of hydrogen-bond acceptors (Lipinski definition) is 7. The van der Waals surface area contributed by atoms with Crippen molar-refractivity contribution in [3.8, 4) is 11.1 Å². The van der Waals surface area contributed by atoms with Crippen LogP contribution < -0.4 is 0 Å². The molecule has 3 heterocycles. The smallest absolute Gasteiger partial charge is 0.261 e. The molecule has 47 heavy (non-hydrogen) atoms. The van der Waals surface area contributed by atoms with Crippen molar-refractivity contribution in [2.45, 2.75) is 43.7 Å². The van der Waals surface area contributed by atoms with Crippen LogP contribution in [0.15, 0.2) is 115 Å². The predicted octanol–water partition coefficient (Wildman–Crippen LogP) is 6.96. The summed E-state index contributed by atoms with van der Waals surface area (Å²) in [4.78, 5) is 31.8. The monoisotopic (exact) mass is 645 g/mol. The number of ether oxygens (including phenoxy) is 2. The Morgan fingerprint density at radius 1 is 0.809 bits per heavy atom. The third-order valence-corrected chi connectivity index (χ3v) is 10.1. The average molecular weight is 646 g/mol. The molecule has 2 aliphatic rings. The molecule has 0 aliphatic carbocycles. The number of thioether (sulfide) groups is 1. The van der Waals surface area contributed by atoms with Gasteiger partial charge in [-0.1, -0.05) is 91.5 Å². The number of hydrogen-bond donors (Lipinski definition) is 1. The number of carbonyl (C=O) groups is 2. The maximum atomic E-state index is 13.0. The highest BCUT2D eigenvalue weighted by Crippen LogP contribution is 2.43. The molecule has 2 amide bonds. The molecule has 0 spiro atoms. The van der Waals surface area contributed by atoms with E-state index in [9.17, 15) is 14.7 Å². The first-order valence-electron chi connectivity index (χ1n) is 15.6. The summed E-state index contributed by atoms with van der Waals surface area (Å²) in [5.74, 6) is 0.224. The van der Waals surface area contributed by atoms with E-state index in [2.05, 4.69) is 18.0 Å². The van der Waals surface area contributed by atoms with Crippen molar-refractivity contribution in [3.63, 3.8) is 0 Å². The Morgan fingerprint density at radius 2 is 1.51 bits per heavy atom. The van der Waals surface area contributed by atoms with Gasteiger partial charge in [-0.2, -0.15) is 0 Å². The van der Waals surface area contributed by atoms with Gasteiger partial charge in [-0.05, 0) is 52.1 Å². The minimum absolute atomic E-state index is 0.0116. The van der Waals surface area contributed by atoms with Crippen molar-refractivity contribution in [2.24, 2.45) is 13.0 Å². The molecule has 4 aromatic carbocycles. The molecule has 1 N–H and O–H groups in total. The SMILES string of the molecule is CC1C(CSc2nccn2C)OC(c2cccc(-c3cccc(CN4C(=O)c5ccccc5C4=O)c3)c2)OC1c1ccc(CO)cc1. The molecule has 9 heteroatoms. The second-order valence-corrected chi connectivity index (χ2v) is 13.0. The summed E-state index contributed by atoms with van der Waals surface area (Å²) in [5, 5.41) is 10.5. The Balaban J connectivity index is 1.14. The van der Waals surface area contributed by atoms with Gasteiger partial charge in [0, 0.05) is 36.7 Å². The fourth-order valence-corrected chi connectivity index (χ4v) is 7.33. The molecule has 0 bridgehead atoms. The lowest BCUT2D eigenvalue weighted by Crippen LogP contribution is -2.38. The highest BCUT2D eigenvalue weighted by molar-refractivity contribution is 7.99. The largest absolute Gasteiger partial charge is 0.392 e. The number of amides is 2.